The van der Waals surface area contributed by atoms with Crippen molar-refractivity contribution in [3.8, 4) is 22.8 Å². The number of carboxylic acids is 6. The summed E-state index contributed by atoms with van der Waals surface area (Å²) in [6.07, 6.45) is 24.1. The summed E-state index contributed by atoms with van der Waals surface area (Å²) in [5.74, 6) is -7.32. The molecule has 0 spiro atoms. The van der Waals surface area contributed by atoms with E-state index in [1.807, 2.05) is 110 Å². The summed E-state index contributed by atoms with van der Waals surface area (Å²) in [6, 6.07) is 60.2. The van der Waals surface area contributed by atoms with Crippen molar-refractivity contribution in [2.75, 3.05) is 13.2 Å². The van der Waals surface area contributed by atoms with Gasteiger partial charge in [0.05, 0.1) is 11.4 Å². The maximum atomic E-state index is 13.9. The van der Waals surface area contributed by atoms with Crippen LogP contribution >= 0.6 is 0 Å². The number of ether oxygens (including phenoxy) is 2. The first-order valence-corrected chi connectivity index (χ1v) is 43.4. The molecule has 0 aliphatic carbocycles. The lowest BCUT2D eigenvalue weighted by Gasteiger charge is -2.19. The minimum absolute atomic E-state index is 0.0896. The van der Waals surface area contributed by atoms with Crippen LogP contribution in [-0.4, -0.2) is 146 Å². The van der Waals surface area contributed by atoms with Gasteiger partial charge in [0.25, 0.3) is 0 Å². The number of nitrogens with zero attached hydrogens (tertiary/aromatic N) is 14. The Morgan fingerprint density at radius 3 is 1.24 bits per heavy atom. The molecule has 0 saturated carbocycles. The van der Waals surface area contributed by atoms with Crippen LogP contribution in [0.2, 0.25) is 0 Å². The molecule has 0 radical (unpaired) electrons. The number of hydrogen-bond acceptors (Lipinski definition) is 15. The number of imidazole rings is 6. The van der Waals surface area contributed by atoms with Gasteiger partial charge in [-0.05, 0) is 247 Å². The number of rotatable bonds is 24. The summed E-state index contributed by atoms with van der Waals surface area (Å²) in [7, 11) is 1.92. The van der Waals surface area contributed by atoms with Crippen molar-refractivity contribution < 1.29 is 90.8 Å². The van der Waals surface area contributed by atoms with Gasteiger partial charge >= 0.3 is 35.8 Å². The Bertz CT molecular complexity index is 7620. The maximum Gasteiger partial charge on any atom is 0.354 e. The SMILES string of the molecule is Cc1ccc(CCc2ccc3nccn3c2C(=O)O)c(F)c1.Cc1nc2cc(C(C)c3ccccc3)ccn2c1C(=O)O.Cn1nccc1-c1cccc(CCc2ccc3nccn3c2C(=O)O)c1.O=C(O)c1c(CCc2cc(F)ccc2F)ccc2nccn12.O=C(O)c1c(CCc2ccc3c(c2)OCCO3)ccc2nccn12.O=C(O)c1c(CCc2cccc(F)c2F)ccc2nccn12. The molecule has 1 atom stereocenters. The number of pyridine rings is 6. The summed E-state index contributed by atoms with van der Waals surface area (Å²) in [5, 5.41) is 60.9. The Hall–Kier alpha value is -17.3. The third-order valence-electron chi connectivity index (χ3n) is 23.3. The summed E-state index contributed by atoms with van der Waals surface area (Å²) in [6.45, 7) is 6.81. The molecule has 6 N–H and O–H groups in total. The highest BCUT2D eigenvalue weighted by Crippen LogP contribution is 2.33. The number of carbonyl (C=O) groups is 6. The van der Waals surface area contributed by atoms with Crippen molar-refractivity contribution >= 4 is 69.7 Å². The van der Waals surface area contributed by atoms with Crippen molar-refractivity contribution in [2.45, 2.75) is 90.9 Å². The predicted molar refractivity (Wildman–Crippen MR) is 499 cm³/mol. The molecule has 1 unspecified atom stereocenters. The highest BCUT2D eigenvalue weighted by atomic mass is 19.2. The molecule has 1 aliphatic rings. The summed E-state index contributed by atoms with van der Waals surface area (Å²) >= 11 is 0. The zero-order valence-electron chi connectivity index (χ0n) is 74.2. The highest BCUT2D eigenvalue weighted by Gasteiger charge is 2.25. The molecule has 6 aromatic carbocycles. The molecule has 137 heavy (non-hydrogen) atoms. The van der Waals surface area contributed by atoms with E-state index in [9.17, 15) is 81.4 Å². The summed E-state index contributed by atoms with van der Waals surface area (Å²) in [4.78, 5) is 94.0. The van der Waals surface area contributed by atoms with Crippen LogP contribution in [0.1, 0.15) is 154 Å². The van der Waals surface area contributed by atoms with Crippen molar-refractivity contribution in [3.05, 3.63) is 422 Å². The normalized spacial score (nSPS) is 11.6. The van der Waals surface area contributed by atoms with E-state index in [1.165, 1.54) is 45.0 Å². The van der Waals surface area contributed by atoms with Gasteiger partial charge in [0.2, 0.25) is 0 Å². The average molecular weight is 1850 g/mol. The third kappa shape index (κ3) is 21.9. The van der Waals surface area contributed by atoms with Gasteiger partial charge in [-0.25, -0.2) is 80.6 Å². The molecular weight excluding hydrogens is 1760 g/mol. The van der Waals surface area contributed by atoms with Crippen LogP contribution in [0.4, 0.5) is 22.0 Å². The minimum atomic E-state index is -1.08. The molecular formula is C104H89F5N14O14. The van der Waals surface area contributed by atoms with Crippen LogP contribution in [0.15, 0.2) is 281 Å². The molecule has 0 fully saturated rings. The lowest BCUT2D eigenvalue weighted by atomic mass is 9.94. The van der Waals surface area contributed by atoms with E-state index in [4.69, 9.17) is 9.47 Å². The average Bonchev–Trinajstić information content (AvgIpc) is 0.920. The smallest absolute Gasteiger partial charge is 0.354 e. The zero-order valence-corrected chi connectivity index (χ0v) is 74.2. The highest BCUT2D eigenvalue weighted by molar-refractivity contribution is 5.92. The molecule has 0 bridgehead atoms. The van der Waals surface area contributed by atoms with Gasteiger partial charge in [-0.2, -0.15) is 5.10 Å². The molecule has 28 nitrogen and oxygen atoms in total. The second-order valence-electron chi connectivity index (χ2n) is 32.1. The van der Waals surface area contributed by atoms with E-state index in [1.54, 1.807) is 129 Å². The second-order valence-corrected chi connectivity index (χ2v) is 32.1. The van der Waals surface area contributed by atoms with Gasteiger partial charge in [-0.1, -0.05) is 116 Å². The number of hydrogen-bond donors (Lipinski definition) is 6. The standard InChI is InChI=1S/C20H18N4O2.C18H16N2O4.C17H15FN2O2.C17H16N2O2.2C16H12F2N2O2/c1-23-17(9-10-22-23)16-4-2-3-14(13-16)5-6-15-7-8-18-21-11-12-24(18)19(15)20(25)26;21-18(22)17-13(4-6-16-19-7-8-20(16)17)3-1-12-2-5-14-15(11-12)24-10-9-23-14;1-11-2-3-12(14(18)10-11)4-5-13-6-7-15-19-8-9-20(15)16(13)17(21)22;1-11(13-6-4-3-5-7-13)14-8-9-19-15(10-14)18-12(2)16(19)17(20)21;17-12-4-5-13(18)11(9-12)2-1-10-3-6-14-19-7-8-20(14)15(10)16(21)22;17-12-3-1-2-10(14(12)18)4-5-11-6-7-13-19-8-9-20(13)15(11)16(21)22/h2-4,7-13H,5-6H2,1H3,(H,25,26);2,4-8,11H,1,3,9-10H2,(H,21,22);2-3,6-10H,4-5H2,1H3,(H,21,22);3-11H,1-2H3,(H,20,21);3-9H,1-2H2,(H,21,22);1-3,6-9H,4-5H2,(H,21,22). The Balaban J connectivity index is 0.000000125. The number of benzene rings is 6. The number of carboxylic acid groups (broad SMARTS) is 6. The Morgan fingerprint density at radius 2 is 0.774 bits per heavy atom. The fourth-order valence-corrected chi connectivity index (χ4v) is 16.5. The molecule has 20 rings (SSSR count). The number of halogens is 5. The number of aryl methyl sites for hydroxylation is 13. The maximum absolute atomic E-state index is 13.9. The molecule has 13 aromatic heterocycles. The van der Waals surface area contributed by atoms with Gasteiger partial charge in [-0.3, -0.25) is 31.1 Å². The number of aromatic nitrogens is 14. The van der Waals surface area contributed by atoms with Gasteiger partial charge in [0, 0.05) is 92.9 Å². The van der Waals surface area contributed by atoms with E-state index in [-0.39, 0.29) is 82.7 Å². The lowest BCUT2D eigenvalue weighted by Crippen LogP contribution is -2.15. The second kappa shape index (κ2) is 42.5. The van der Waals surface area contributed by atoms with E-state index < -0.39 is 59.1 Å². The van der Waals surface area contributed by atoms with Crippen molar-refractivity contribution in [1.82, 2.24) is 66.1 Å². The van der Waals surface area contributed by atoms with Gasteiger partial charge < -0.3 is 40.1 Å². The molecule has 694 valence electrons. The topological polar surface area (TPSA) is 364 Å². The van der Waals surface area contributed by atoms with Crippen LogP contribution in [0, 0.1) is 42.9 Å². The Kier molecular flexibility index (Phi) is 29.3. The van der Waals surface area contributed by atoms with E-state index in [0.29, 0.717) is 101 Å². The Labute approximate surface area is 778 Å². The fourth-order valence-electron chi connectivity index (χ4n) is 16.5. The van der Waals surface area contributed by atoms with E-state index >= 15 is 0 Å². The summed E-state index contributed by atoms with van der Waals surface area (Å²) in [5.41, 5.74) is 17.2. The van der Waals surface area contributed by atoms with Crippen LogP contribution in [0.3, 0.4) is 0 Å². The van der Waals surface area contributed by atoms with Crippen LogP contribution in [0.5, 0.6) is 11.5 Å². The predicted octanol–water partition coefficient (Wildman–Crippen LogP) is 18.8. The minimum Gasteiger partial charge on any atom is -0.486 e. The number of fused-ring (bicyclic) bond motifs is 7. The van der Waals surface area contributed by atoms with Crippen molar-refractivity contribution in [1.29, 1.82) is 0 Å². The summed E-state index contributed by atoms with van der Waals surface area (Å²) < 4.78 is 89.9. The fraction of sp³-hybridized carbons (Fsp3) is 0.163. The zero-order chi connectivity index (χ0) is 96.7. The van der Waals surface area contributed by atoms with Crippen LogP contribution in [-0.2, 0) is 71.3 Å². The first-order chi connectivity index (χ1) is 66.1. The Morgan fingerprint density at radius 1 is 0.343 bits per heavy atom. The molecule has 33 heteroatoms. The van der Waals surface area contributed by atoms with Gasteiger partial charge in [-0.15, -0.1) is 0 Å². The lowest BCUT2D eigenvalue weighted by molar-refractivity contribution is 0.0676. The number of aromatic carboxylic acids is 6. The quantitative estimate of drug-likeness (QED) is 0.0306. The molecule has 19 aromatic rings. The van der Waals surface area contributed by atoms with Crippen LogP contribution < -0.4 is 9.47 Å². The van der Waals surface area contributed by atoms with Gasteiger partial charge in [0.1, 0.15) is 93.0 Å². The molecule has 14 heterocycles. The first-order valence-electron chi connectivity index (χ1n) is 43.4. The largest absolute Gasteiger partial charge is 0.486 e. The third-order valence-corrected chi connectivity index (χ3v) is 23.3. The van der Waals surface area contributed by atoms with E-state index in [0.717, 1.165) is 93.2 Å². The molecule has 1 aliphatic heterocycles. The molecule has 0 amide bonds. The van der Waals surface area contributed by atoms with Crippen molar-refractivity contribution in [3.63, 3.8) is 0 Å². The monoisotopic (exact) mass is 1850 g/mol. The van der Waals surface area contributed by atoms with E-state index in [2.05, 4.69) is 72.3 Å². The van der Waals surface area contributed by atoms with Crippen molar-refractivity contribution in [2.24, 2.45) is 7.05 Å². The van der Waals surface area contributed by atoms with Crippen LogP contribution in [0.25, 0.3) is 45.1 Å². The first kappa shape index (κ1) is 94.4. The molecule has 0 saturated heterocycles. The van der Waals surface area contributed by atoms with Gasteiger partial charge in [0.15, 0.2) is 28.8 Å².